The lowest BCUT2D eigenvalue weighted by Crippen LogP contribution is -2.03. The number of nitrogens with one attached hydrogen (secondary N) is 1. The van der Waals surface area contributed by atoms with Crippen molar-refractivity contribution in [2.24, 2.45) is 0 Å². The van der Waals surface area contributed by atoms with Crippen molar-refractivity contribution in [1.29, 1.82) is 0 Å². The van der Waals surface area contributed by atoms with Crippen LogP contribution < -0.4 is 5.32 Å². The summed E-state index contributed by atoms with van der Waals surface area (Å²) >= 11 is 0. The van der Waals surface area contributed by atoms with E-state index in [1.807, 2.05) is 60.7 Å². The molecule has 0 saturated carbocycles. The summed E-state index contributed by atoms with van der Waals surface area (Å²) in [7, 11) is 0. The van der Waals surface area contributed by atoms with Gasteiger partial charge in [0.15, 0.2) is 0 Å². The molecule has 110 valence electrons. The van der Waals surface area contributed by atoms with E-state index in [9.17, 15) is 4.79 Å². The molecule has 0 aliphatic heterocycles. The number of hydrogen-bond donors (Lipinski definition) is 1. The maximum Gasteiger partial charge on any atom is 0.333 e. The molecule has 0 saturated heterocycles. The molecular weight excluding hydrogens is 262 g/mol. The molecule has 2 aromatic carbocycles. The fourth-order valence-electron chi connectivity index (χ4n) is 1.46. The van der Waals surface area contributed by atoms with Gasteiger partial charge >= 0.3 is 5.97 Å². The van der Waals surface area contributed by atoms with Crippen molar-refractivity contribution in [3.05, 3.63) is 72.8 Å². The van der Waals surface area contributed by atoms with Gasteiger partial charge < -0.3 is 10.1 Å². The Hall–Kier alpha value is -2.55. The van der Waals surface area contributed by atoms with Gasteiger partial charge in [-0.15, -0.1) is 0 Å². The van der Waals surface area contributed by atoms with Crippen LogP contribution >= 0.6 is 0 Å². The maximum absolute atomic E-state index is 10.4. The Labute approximate surface area is 126 Å². The van der Waals surface area contributed by atoms with Crippen molar-refractivity contribution in [2.75, 3.05) is 11.9 Å². The van der Waals surface area contributed by atoms with Crippen LogP contribution in [0.15, 0.2) is 72.8 Å². The molecule has 3 heteroatoms. The zero-order valence-corrected chi connectivity index (χ0v) is 12.5. The molecule has 2 rings (SSSR count). The lowest BCUT2D eigenvalue weighted by atomic mass is 10.3. The van der Waals surface area contributed by atoms with E-state index in [1.165, 1.54) is 0 Å². The summed E-state index contributed by atoms with van der Waals surface area (Å²) in [6.45, 7) is 7.21. The van der Waals surface area contributed by atoms with E-state index in [2.05, 4.69) is 16.6 Å². The van der Waals surface area contributed by atoms with Gasteiger partial charge in [-0.2, -0.15) is 0 Å². The summed E-state index contributed by atoms with van der Waals surface area (Å²) < 4.78 is 4.56. The normalized spacial score (nSPS) is 9.05. The van der Waals surface area contributed by atoms with Crippen molar-refractivity contribution in [3.63, 3.8) is 0 Å². The zero-order chi connectivity index (χ0) is 15.5. The van der Waals surface area contributed by atoms with Crippen LogP contribution in [0.25, 0.3) is 0 Å². The number of carbonyl (C=O) groups excluding carboxylic acids is 1. The van der Waals surface area contributed by atoms with Crippen molar-refractivity contribution >= 4 is 17.3 Å². The number of rotatable bonds is 4. The monoisotopic (exact) mass is 283 g/mol. The third kappa shape index (κ3) is 6.97. The lowest BCUT2D eigenvalue weighted by molar-refractivity contribution is -0.138. The zero-order valence-electron chi connectivity index (χ0n) is 12.5. The van der Waals surface area contributed by atoms with Gasteiger partial charge in [0.1, 0.15) is 0 Å². The van der Waals surface area contributed by atoms with E-state index in [0.717, 1.165) is 11.4 Å². The Morgan fingerprint density at radius 1 is 1.00 bits per heavy atom. The van der Waals surface area contributed by atoms with Crippen molar-refractivity contribution in [2.45, 2.75) is 13.8 Å². The molecule has 3 nitrogen and oxygen atoms in total. The van der Waals surface area contributed by atoms with E-state index in [4.69, 9.17) is 0 Å². The van der Waals surface area contributed by atoms with Crippen molar-refractivity contribution in [1.82, 2.24) is 0 Å². The van der Waals surface area contributed by atoms with Crippen LogP contribution in [0.3, 0.4) is 0 Å². The topological polar surface area (TPSA) is 38.3 Å². The largest absolute Gasteiger partial charge is 0.463 e. The predicted octanol–water partition coefficient (Wildman–Crippen LogP) is 4.56. The molecule has 0 aliphatic carbocycles. The first kappa shape index (κ1) is 16.5. The van der Waals surface area contributed by atoms with Crippen molar-refractivity contribution < 1.29 is 9.53 Å². The summed E-state index contributed by atoms with van der Waals surface area (Å²) in [5.41, 5.74) is 2.69. The van der Waals surface area contributed by atoms with Gasteiger partial charge in [0, 0.05) is 16.9 Å². The summed E-state index contributed by atoms with van der Waals surface area (Å²) in [6.07, 6.45) is 0. The van der Waals surface area contributed by atoms with Crippen molar-refractivity contribution in [3.8, 4) is 0 Å². The summed E-state index contributed by atoms with van der Waals surface area (Å²) in [4.78, 5) is 10.4. The van der Waals surface area contributed by atoms with Crippen LogP contribution in [0.1, 0.15) is 13.8 Å². The molecule has 0 atom stereocenters. The maximum atomic E-state index is 10.4. The SMILES string of the molecule is C=C(C)C(=O)OCC.c1ccc(Nc2ccccc2)cc1. The summed E-state index contributed by atoms with van der Waals surface area (Å²) in [5, 5.41) is 3.30. The lowest BCUT2D eigenvalue weighted by Gasteiger charge is -2.04. The molecule has 0 spiro atoms. The number of benzene rings is 2. The molecule has 2 aromatic rings. The molecule has 0 fully saturated rings. The molecule has 0 heterocycles. The first-order valence-electron chi connectivity index (χ1n) is 6.83. The Bertz CT molecular complexity index is 512. The molecule has 0 bridgehead atoms. The number of ether oxygens (including phenoxy) is 1. The number of anilines is 2. The van der Waals surface area contributed by atoms with E-state index in [-0.39, 0.29) is 5.97 Å². The number of hydrogen-bond acceptors (Lipinski definition) is 3. The average Bonchev–Trinajstić information content (AvgIpc) is 2.50. The second-order valence-electron chi connectivity index (χ2n) is 4.36. The highest BCUT2D eigenvalue weighted by atomic mass is 16.5. The van der Waals surface area contributed by atoms with Crippen LogP contribution in [-0.4, -0.2) is 12.6 Å². The quantitative estimate of drug-likeness (QED) is 0.660. The number of carbonyl (C=O) groups is 1. The minimum absolute atomic E-state index is 0.312. The fraction of sp³-hybridized carbons (Fsp3) is 0.167. The van der Waals surface area contributed by atoms with Gasteiger partial charge in [-0.25, -0.2) is 4.79 Å². The molecule has 0 unspecified atom stereocenters. The van der Waals surface area contributed by atoms with Crippen LogP contribution in [0.5, 0.6) is 0 Å². The molecule has 1 N–H and O–H groups in total. The standard InChI is InChI=1S/C12H11N.C6H10O2/c1-3-7-11(8-4-1)13-12-9-5-2-6-10-12;1-4-8-6(7)5(2)3/h1-10,13H;2,4H2,1,3H3. The van der Waals surface area contributed by atoms with E-state index in [1.54, 1.807) is 13.8 Å². The predicted molar refractivity (Wildman–Crippen MR) is 87.6 cm³/mol. The highest BCUT2D eigenvalue weighted by molar-refractivity contribution is 5.86. The summed E-state index contributed by atoms with van der Waals surface area (Å²) in [6, 6.07) is 20.3. The second kappa shape index (κ2) is 9.37. The minimum Gasteiger partial charge on any atom is -0.463 e. The highest BCUT2D eigenvalue weighted by Gasteiger charge is 1.98. The smallest absolute Gasteiger partial charge is 0.333 e. The first-order chi connectivity index (χ1) is 10.1. The van der Waals surface area contributed by atoms with Gasteiger partial charge in [0.25, 0.3) is 0 Å². The first-order valence-corrected chi connectivity index (χ1v) is 6.83. The Morgan fingerprint density at radius 3 is 1.71 bits per heavy atom. The molecule has 0 amide bonds. The third-order valence-corrected chi connectivity index (χ3v) is 2.46. The fourth-order valence-corrected chi connectivity index (χ4v) is 1.46. The Kier molecular flexibility index (Phi) is 7.36. The van der Waals surface area contributed by atoms with Gasteiger partial charge in [-0.3, -0.25) is 0 Å². The van der Waals surface area contributed by atoms with E-state index in [0.29, 0.717) is 12.2 Å². The molecule has 0 radical (unpaired) electrons. The van der Waals surface area contributed by atoms with Crippen LogP contribution in [-0.2, 0) is 9.53 Å². The molecule has 21 heavy (non-hydrogen) atoms. The Balaban J connectivity index is 0.000000240. The van der Waals surface area contributed by atoms with Crippen LogP contribution in [0, 0.1) is 0 Å². The van der Waals surface area contributed by atoms with Gasteiger partial charge in [-0.1, -0.05) is 43.0 Å². The molecule has 0 aliphatic rings. The highest BCUT2D eigenvalue weighted by Crippen LogP contribution is 2.14. The number of para-hydroxylation sites is 2. The van der Waals surface area contributed by atoms with Gasteiger partial charge in [-0.05, 0) is 38.1 Å². The van der Waals surface area contributed by atoms with Gasteiger partial charge in [0.05, 0.1) is 6.61 Å². The number of esters is 1. The molecular formula is C18H21NO2. The Morgan fingerprint density at radius 2 is 1.43 bits per heavy atom. The molecule has 0 aromatic heterocycles. The van der Waals surface area contributed by atoms with Crippen LogP contribution in [0.2, 0.25) is 0 Å². The minimum atomic E-state index is -0.312. The summed E-state index contributed by atoms with van der Waals surface area (Å²) in [5.74, 6) is -0.312. The third-order valence-electron chi connectivity index (χ3n) is 2.46. The average molecular weight is 283 g/mol. The van der Waals surface area contributed by atoms with E-state index >= 15 is 0 Å². The van der Waals surface area contributed by atoms with Crippen LogP contribution in [0.4, 0.5) is 11.4 Å². The van der Waals surface area contributed by atoms with E-state index < -0.39 is 0 Å². The second-order valence-corrected chi connectivity index (χ2v) is 4.36. The van der Waals surface area contributed by atoms with Gasteiger partial charge in [0.2, 0.25) is 0 Å².